The summed E-state index contributed by atoms with van der Waals surface area (Å²) in [5.74, 6) is 1.60. The standard InChI is InChI=1S/C17H26N4/c1-13(2)17-19-15-12-14(18)6-7-16(15)21(17)11-10-20-8-4-3-5-9-20/h6-7,12-13H,3-5,8-11,18H2,1-2H3. The Morgan fingerprint density at radius 2 is 1.90 bits per heavy atom. The average Bonchev–Trinajstić information content (AvgIpc) is 2.84. The highest BCUT2D eigenvalue weighted by Gasteiger charge is 2.16. The minimum atomic E-state index is 0.431. The Morgan fingerprint density at radius 3 is 2.62 bits per heavy atom. The molecule has 2 N–H and O–H groups in total. The molecule has 0 spiro atoms. The number of nitrogens with zero attached hydrogens (tertiary/aromatic N) is 3. The Hall–Kier alpha value is -1.55. The van der Waals surface area contributed by atoms with Gasteiger partial charge in [0.2, 0.25) is 0 Å². The van der Waals surface area contributed by atoms with E-state index in [1.165, 1.54) is 43.7 Å². The fourth-order valence-electron chi connectivity index (χ4n) is 3.27. The molecule has 0 amide bonds. The van der Waals surface area contributed by atoms with Crippen molar-refractivity contribution in [1.82, 2.24) is 14.5 Å². The van der Waals surface area contributed by atoms with E-state index in [4.69, 9.17) is 10.7 Å². The van der Waals surface area contributed by atoms with Gasteiger partial charge in [-0.1, -0.05) is 20.3 Å². The molecule has 3 rings (SSSR count). The molecule has 2 aromatic rings. The first-order chi connectivity index (χ1) is 10.1. The molecule has 1 aliphatic rings. The minimum absolute atomic E-state index is 0.431. The van der Waals surface area contributed by atoms with Crippen LogP contribution in [0.15, 0.2) is 18.2 Å². The van der Waals surface area contributed by atoms with E-state index in [0.717, 1.165) is 24.3 Å². The number of hydrogen-bond donors (Lipinski definition) is 1. The van der Waals surface area contributed by atoms with Crippen LogP contribution in [-0.2, 0) is 6.54 Å². The number of imidazole rings is 1. The van der Waals surface area contributed by atoms with E-state index in [0.29, 0.717) is 5.92 Å². The van der Waals surface area contributed by atoms with Crippen LogP contribution in [0.25, 0.3) is 11.0 Å². The summed E-state index contributed by atoms with van der Waals surface area (Å²) in [7, 11) is 0. The van der Waals surface area contributed by atoms with Gasteiger partial charge >= 0.3 is 0 Å². The highest BCUT2D eigenvalue weighted by molar-refractivity contribution is 5.79. The first kappa shape index (κ1) is 14.4. The number of piperidine rings is 1. The predicted molar refractivity (Wildman–Crippen MR) is 88.5 cm³/mol. The van der Waals surface area contributed by atoms with E-state index in [2.05, 4.69) is 29.4 Å². The summed E-state index contributed by atoms with van der Waals surface area (Å²) >= 11 is 0. The van der Waals surface area contributed by atoms with E-state index in [-0.39, 0.29) is 0 Å². The Morgan fingerprint density at radius 1 is 1.14 bits per heavy atom. The van der Waals surface area contributed by atoms with E-state index in [9.17, 15) is 0 Å². The Labute approximate surface area is 126 Å². The number of rotatable bonds is 4. The van der Waals surface area contributed by atoms with Crippen LogP contribution in [0.1, 0.15) is 44.9 Å². The minimum Gasteiger partial charge on any atom is -0.399 e. The van der Waals surface area contributed by atoms with Gasteiger partial charge in [0.15, 0.2) is 0 Å². The lowest BCUT2D eigenvalue weighted by molar-refractivity contribution is 0.220. The van der Waals surface area contributed by atoms with Crippen molar-refractivity contribution in [2.45, 2.75) is 45.6 Å². The van der Waals surface area contributed by atoms with Crippen LogP contribution in [-0.4, -0.2) is 34.1 Å². The molecule has 21 heavy (non-hydrogen) atoms. The quantitative estimate of drug-likeness (QED) is 0.878. The van der Waals surface area contributed by atoms with Crippen molar-refractivity contribution in [2.75, 3.05) is 25.4 Å². The van der Waals surface area contributed by atoms with Crippen molar-refractivity contribution < 1.29 is 0 Å². The van der Waals surface area contributed by atoms with E-state index >= 15 is 0 Å². The molecule has 0 saturated carbocycles. The van der Waals surface area contributed by atoms with Crippen LogP contribution in [0.2, 0.25) is 0 Å². The van der Waals surface area contributed by atoms with Gasteiger partial charge in [0.1, 0.15) is 5.82 Å². The molecular weight excluding hydrogens is 260 g/mol. The van der Waals surface area contributed by atoms with Crippen LogP contribution in [0.4, 0.5) is 5.69 Å². The van der Waals surface area contributed by atoms with Gasteiger partial charge in [0.05, 0.1) is 11.0 Å². The second-order valence-corrected chi connectivity index (χ2v) is 6.43. The second kappa shape index (κ2) is 6.06. The fraction of sp³-hybridized carbons (Fsp3) is 0.588. The summed E-state index contributed by atoms with van der Waals surface area (Å²) in [5, 5.41) is 0. The summed E-state index contributed by atoms with van der Waals surface area (Å²) in [6.07, 6.45) is 4.08. The first-order valence-corrected chi connectivity index (χ1v) is 8.13. The SMILES string of the molecule is CC(C)c1nc2cc(N)ccc2n1CCN1CCCCC1. The first-order valence-electron chi connectivity index (χ1n) is 8.13. The number of benzene rings is 1. The zero-order chi connectivity index (χ0) is 14.8. The summed E-state index contributed by atoms with van der Waals surface area (Å²) in [4.78, 5) is 7.38. The molecule has 2 heterocycles. The Bertz CT molecular complexity index is 609. The zero-order valence-electron chi connectivity index (χ0n) is 13.2. The lowest BCUT2D eigenvalue weighted by Crippen LogP contribution is -2.32. The van der Waals surface area contributed by atoms with Crippen molar-refractivity contribution in [3.63, 3.8) is 0 Å². The summed E-state index contributed by atoms with van der Waals surface area (Å²) in [5.41, 5.74) is 8.92. The van der Waals surface area contributed by atoms with E-state index < -0.39 is 0 Å². The average molecular weight is 286 g/mol. The largest absolute Gasteiger partial charge is 0.399 e. The molecule has 0 unspecified atom stereocenters. The summed E-state index contributed by atoms with van der Waals surface area (Å²) in [6, 6.07) is 6.07. The van der Waals surface area contributed by atoms with E-state index in [1.807, 2.05) is 12.1 Å². The lowest BCUT2D eigenvalue weighted by atomic mass is 10.1. The number of fused-ring (bicyclic) bond motifs is 1. The van der Waals surface area contributed by atoms with Crippen LogP contribution in [0, 0.1) is 0 Å². The number of aromatic nitrogens is 2. The van der Waals surface area contributed by atoms with Crippen molar-refractivity contribution in [3.05, 3.63) is 24.0 Å². The second-order valence-electron chi connectivity index (χ2n) is 6.43. The van der Waals surface area contributed by atoms with Crippen LogP contribution in [0.5, 0.6) is 0 Å². The van der Waals surface area contributed by atoms with Gasteiger partial charge in [-0.2, -0.15) is 0 Å². The third-order valence-corrected chi connectivity index (χ3v) is 4.41. The molecule has 4 nitrogen and oxygen atoms in total. The zero-order valence-corrected chi connectivity index (χ0v) is 13.2. The van der Waals surface area contributed by atoms with Gasteiger partial charge < -0.3 is 15.2 Å². The van der Waals surface area contributed by atoms with Crippen molar-refractivity contribution in [2.24, 2.45) is 0 Å². The van der Waals surface area contributed by atoms with Crippen molar-refractivity contribution in [3.8, 4) is 0 Å². The topological polar surface area (TPSA) is 47.1 Å². The number of anilines is 1. The molecule has 0 bridgehead atoms. The molecule has 0 atom stereocenters. The smallest absolute Gasteiger partial charge is 0.112 e. The molecule has 1 aromatic carbocycles. The number of nitrogen functional groups attached to an aromatic ring is 1. The van der Waals surface area contributed by atoms with Crippen LogP contribution < -0.4 is 5.73 Å². The number of likely N-dealkylation sites (tertiary alicyclic amines) is 1. The maximum atomic E-state index is 5.89. The molecule has 1 aliphatic heterocycles. The summed E-state index contributed by atoms with van der Waals surface area (Å²) < 4.78 is 2.38. The highest BCUT2D eigenvalue weighted by Crippen LogP contribution is 2.23. The van der Waals surface area contributed by atoms with Gasteiger partial charge in [0.25, 0.3) is 0 Å². The maximum Gasteiger partial charge on any atom is 0.112 e. The van der Waals surface area contributed by atoms with Crippen LogP contribution >= 0.6 is 0 Å². The molecular formula is C17H26N4. The Balaban J connectivity index is 1.86. The van der Waals surface area contributed by atoms with Crippen molar-refractivity contribution >= 4 is 16.7 Å². The number of hydrogen-bond acceptors (Lipinski definition) is 3. The Kier molecular flexibility index (Phi) is 4.15. The molecule has 1 saturated heterocycles. The van der Waals surface area contributed by atoms with Gasteiger partial charge in [0, 0.05) is 24.7 Å². The molecule has 1 fully saturated rings. The maximum absolute atomic E-state index is 5.89. The van der Waals surface area contributed by atoms with E-state index in [1.54, 1.807) is 0 Å². The number of nitrogens with two attached hydrogens (primary N) is 1. The van der Waals surface area contributed by atoms with Gasteiger partial charge in [-0.15, -0.1) is 0 Å². The lowest BCUT2D eigenvalue weighted by Gasteiger charge is -2.27. The van der Waals surface area contributed by atoms with Crippen molar-refractivity contribution in [1.29, 1.82) is 0 Å². The molecule has 114 valence electrons. The third kappa shape index (κ3) is 3.05. The van der Waals surface area contributed by atoms with Gasteiger partial charge in [-0.3, -0.25) is 0 Å². The normalized spacial score (nSPS) is 16.9. The fourth-order valence-corrected chi connectivity index (χ4v) is 3.27. The monoisotopic (exact) mass is 286 g/mol. The highest BCUT2D eigenvalue weighted by atomic mass is 15.2. The van der Waals surface area contributed by atoms with Gasteiger partial charge in [-0.05, 0) is 44.1 Å². The molecule has 0 aliphatic carbocycles. The van der Waals surface area contributed by atoms with Crippen LogP contribution in [0.3, 0.4) is 0 Å². The molecule has 1 aromatic heterocycles. The summed E-state index contributed by atoms with van der Waals surface area (Å²) in [6.45, 7) is 9.06. The molecule has 4 heteroatoms. The van der Waals surface area contributed by atoms with Gasteiger partial charge in [-0.25, -0.2) is 4.98 Å². The third-order valence-electron chi connectivity index (χ3n) is 4.41. The molecule has 0 radical (unpaired) electrons. The predicted octanol–water partition coefficient (Wildman–Crippen LogP) is 3.23.